The number of unbranched alkanes of at least 4 members (excludes halogenated alkanes) is 9. The Bertz CT molecular complexity index is 456. The number of rotatable bonds is 15. The first-order chi connectivity index (χ1) is 12.2. The molecule has 0 aliphatic heterocycles. The Morgan fingerprint density at radius 3 is 1.64 bits per heavy atom. The molecule has 2 N–H and O–H groups in total. The van der Waals surface area contributed by atoms with Gasteiger partial charge < -0.3 is 5.73 Å². The predicted octanol–water partition coefficient (Wildman–Crippen LogP) is 6.52. The van der Waals surface area contributed by atoms with Gasteiger partial charge in [-0.05, 0) is 18.4 Å². The van der Waals surface area contributed by atoms with Crippen molar-refractivity contribution in [2.45, 2.75) is 103 Å². The maximum Gasteiger partial charge on any atom is 0.228 e. The standard InChI is InChI=1S/C23H39NO/c1-3-5-7-9-11-16-20-23(22(24)25,19-15-10-8-6-4-2)21-17-13-12-14-18-21/h12-14,17-18H,3-11,15-16,19-20H2,1-2H3,(H2,24,25). The van der Waals surface area contributed by atoms with Gasteiger partial charge in [0.25, 0.3) is 0 Å². The summed E-state index contributed by atoms with van der Waals surface area (Å²) in [6.45, 7) is 4.47. The quantitative estimate of drug-likeness (QED) is 0.361. The normalized spacial score (nSPS) is 13.5. The molecule has 0 spiro atoms. The van der Waals surface area contributed by atoms with Crippen LogP contribution in [0.15, 0.2) is 30.3 Å². The van der Waals surface area contributed by atoms with E-state index in [-0.39, 0.29) is 5.91 Å². The van der Waals surface area contributed by atoms with Gasteiger partial charge in [0.15, 0.2) is 0 Å². The van der Waals surface area contributed by atoms with E-state index in [0.29, 0.717) is 0 Å². The molecule has 2 nitrogen and oxygen atoms in total. The van der Waals surface area contributed by atoms with Crippen LogP contribution < -0.4 is 5.73 Å². The average molecular weight is 346 g/mol. The molecule has 25 heavy (non-hydrogen) atoms. The molecule has 0 radical (unpaired) electrons. The first-order valence-electron chi connectivity index (χ1n) is 10.5. The van der Waals surface area contributed by atoms with Gasteiger partial charge in [-0.2, -0.15) is 0 Å². The highest BCUT2D eigenvalue weighted by molar-refractivity contribution is 5.86. The first kappa shape index (κ1) is 21.7. The van der Waals surface area contributed by atoms with Crippen molar-refractivity contribution in [3.63, 3.8) is 0 Å². The van der Waals surface area contributed by atoms with Crippen LogP contribution in [0.2, 0.25) is 0 Å². The molecule has 1 atom stereocenters. The van der Waals surface area contributed by atoms with Gasteiger partial charge in [0.05, 0.1) is 5.41 Å². The van der Waals surface area contributed by atoms with E-state index in [1.54, 1.807) is 0 Å². The number of primary amides is 1. The summed E-state index contributed by atoms with van der Waals surface area (Å²) in [5, 5.41) is 0. The average Bonchev–Trinajstić information content (AvgIpc) is 2.63. The predicted molar refractivity (Wildman–Crippen MR) is 109 cm³/mol. The van der Waals surface area contributed by atoms with Gasteiger partial charge in [0.1, 0.15) is 0 Å². The first-order valence-corrected chi connectivity index (χ1v) is 10.5. The number of amides is 1. The number of benzene rings is 1. The summed E-state index contributed by atoms with van der Waals surface area (Å²) in [7, 11) is 0. The van der Waals surface area contributed by atoms with Gasteiger partial charge in [-0.1, -0.05) is 115 Å². The van der Waals surface area contributed by atoms with Gasteiger partial charge in [-0.3, -0.25) is 4.79 Å². The van der Waals surface area contributed by atoms with Crippen LogP contribution in [0.4, 0.5) is 0 Å². The van der Waals surface area contributed by atoms with Crippen LogP contribution in [0.1, 0.15) is 103 Å². The number of nitrogens with two attached hydrogens (primary N) is 1. The second kappa shape index (κ2) is 13.0. The molecule has 0 heterocycles. The van der Waals surface area contributed by atoms with Crippen LogP contribution in [0.5, 0.6) is 0 Å². The minimum atomic E-state index is -0.474. The number of carbonyl (C=O) groups is 1. The fraction of sp³-hybridized carbons (Fsp3) is 0.696. The zero-order chi connectivity index (χ0) is 18.4. The van der Waals surface area contributed by atoms with Crippen LogP contribution in [0.25, 0.3) is 0 Å². The Morgan fingerprint density at radius 2 is 1.20 bits per heavy atom. The van der Waals surface area contributed by atoms with Gasteiger partial charge in [0.2, 0.25) is 5.91 Å². The van der Waals surface area contributed by atoms with Gasteiger partial charge in [0, 0.05) is 0 Å². The Labute approximate surface area is 155 Å². The second-order valence-electron chi connectivity index (χ2n) is 7.49. The Hall–Kier alpha value is -1.31. The molecule has 0 aromatic heterocycles. The molecule has 2 heteroatoms. The minimum absolute atomic E-state index is 0.136. The summed E-state index contributed by atoms with van der Waals surface area (Å²) in [6.07, 6.45) is 15.3. The smallest absolute Gasteiger partial charge is 0.228 e. The van der Waals surface area contributed by atoms with Crippen molar-refractivity contribution in [3.05, 3.63) is 35.9 Å². The molecule has 0 fully saturated rings. The lowest BCUT2D eigenvalue weighted by Crippen LogP contribution is -2.41. The van der Waals surface area contributed by atoms with E-state index in [4.69, 9.17) is 5.73 Å². The monoisotopic (exact) mass is 345 g/mol. The van der Waals surface area contributed by atoms with E-state index in [1.165, 1.54) is 57.8 Å². The molecule has 1 aromatic rings. The summed E-state index contributed by atoms with van der Waals surface area (Å²) in [6, 6.07) is 10.3. The van der Waals surface area contributed by atoms with Crippen LogP contribution in [-0.2, 0) is 10.2 Å². The molecule has 0 aliphatic rings. The summed E-state index contributed by atoms with van der Waals surface area (Å²) in [5.41, 5.74) is 6.61. The van der Waals surface area contributed by atoms with E-state index in [9.17, 15) is 4.79 Å². The molecule has 142 valence electrons. The van der Waals surface area contributed by atoms with Gasteiger partial charge in [-0.15, -0.1) is 0 Å². The van der Waals surface area contributed by atoms with Gasteiger partial charge >= 0.3 is 0 Å². The number of hydrogen-bond donors (Lipinski definition) is 1. The lowest BCUT2D eigenvalue weighted by atomic mass is 9.72. The Morgan fingerprint density at radius 1 is 0.760 bits per heavy atom. The third-order valence-corrected chi connectivity index (χ3v) is 5.46. The van der Waals surface area contributed by atoms with Crippen LogP contribution in [-0.4, -0.2) is 5.91 Å². The highest BCUT2D eigenvalue weighted by Crippen LogP contribution is 2.36. The lowest BCUT2D eigenvalue weighted by Gasteiger charge is -2.31. The lowest BCUT2D eigenvalue weighted by molar-refractivity contribution is -0.124. The van der Waals surface area contributed by atoms with Crippen molar-refractivity contribution >= 4 is 5.91 Å². The van der Waals surface area contributed by atoms with E-state index in [1.807, 2.05) is 18.2 Å². The Kier molecular flexibility index (Phi) is 11.3. The maximum absolute atomic E-state index is 12.5. The molecule has 0 bridgehead atoms. The zero-order valence-corrected chi connectivity index (χ0v) is 16.6. The number of hydrogen-bond acceptors (Lipinski definition) is 1. The van der Waals surface area contributed by atoms with Crippen LogP contribution in [0, 0.1) is 0 Å². The minimum Gasteiger partial charge on any atom is -0.369 e. The largest absolute Gasteiger partial charge is 0.369 e. The fourth-order valence-corrected chi connectivity index (χ4v) is 3.80. The fourth-order valence-electron chi connectivity index (χ4n) is 3.80. The summed E-state index contributed by atoms with van der Waals surface area (Å²) < 4.78 is 0. The summed E-state index contributed by atoms with van der Waals surface area (Å²) in [5.74, 6) is -0.136. The van der Waals surface area contributed by atoms with Crippen LogP contribution >= 0.6 is 0 Å². The maximum atomic E-state index is 12.5. The van der Waals surface area contributed by atoms with E-state index in [0.717, 1.165) is 31.2 Å². The summed E-state index contributed by atoms with van der Waals surface area (Å²) >= 11 is 0. The zero-order valence-electron chi connectivity index (χ0n) is 16.6. The van der Waals surface area contributed by atoms with Crippen LogP contribution in [0.3, 0.4) is 0 Å². The van der Waals surface area contributed by atoms with Crippen molar-refractivity contribution < 1.29 is 4.79 Å². The molecule has 1 unspecified atom stereocenters. The van der Waals surface area contributed by atoms with Gasteiger partial charge in [-0.25, -0.2) is 0 Å². The molecule has 1 amide bonds. The van der Waals surface area contributed by atoms with Crippen molar-refractivity contribution in [2.75, 3.05) is 0 Å². The molecule has 0 saturated heterocycles. The van der Waals surface area contributed by atoms with Crippen molar-refractivity contribution in [1.29, 1.82) is 0 Å². The highest BCUT2D eigenvalue weighted by Gasteiger charge is 2.37. The summed E-state index contributed by atoms with van der Waals surface area (Å²) in [4.78, 5) is 12.5. The molecule has 1 aromatic carbocycles. The number of carbonyl (C=O) groups excluding carboxylic acids is 1. The molecular weight excluding hydrogens is 306 g/mol. The van der Waals surface area contributed by atoms with Crippen molar-refractivity contribution in [3.8, 4) is 0 Å². The third kappa shape index (κ3) is 7.63. The van der Waals surface area contributed by atoms with E-state index >= 15 is 0 Å². The topological polar surface area (TPSA) is 43.1 Å². The highest BCUT2D eigenvalue weighted by atomic mass is 16.1. The van der Waals surface area contributed by atoms with E-state index in [2.05, 4.69) is 26.0 Å². The molecule has 0 saturated carbocycles. The molecule has 0 aliphatic carbocycles. The molecular formula is C23H39NO. The van der Waals surface area contributed by atoms with E-state index < -0.39 is 5.41 Å². The second-order valence-corrected chi connectivity index (χ2v) is 7.49. The third-order valence-electron chi connectivity index (χ3n) is 5.46. The molecule has 1 rings (SSSR count). The Balaban J connectivity index is 2.71. The van der Waals surface area contributed by atoms with Crippen molar-refractivity contribution in [2.24, 2.45) is 5.73 Å². The van der Waals surface area contributed by atoms with Crippen molar-refractivity contribution in [1.82, 2.24) is 0 Å². The SMILES string of the molecule is CCCCCCCCC(CCCCCCC)(C(N)=O)c1ccccc1.